The van der Waals surface area contributed by atoms with Gasteiger partial charge < -0.3 is 19.1 Å². The fourth-order valence-electron chi connectivity index (χ4n) is 2.10. The van der Waals surface area contributed by atoms with Crippen molar-refractivity contribution < 1.29 is 33.4 Å². The minimum atomic E-state index is -1.15. The molecular formula is C19H23NO7. The maximum Gasteiger partial charge on any atom is 0.331 e. The summed E-state index contributed by atoms with van der Waals surface area (Å²) >= 11 is 0. The summed E-state index contributed by atoms with van der Waals surface area (Å²) < 4.78 is 14.2. The number of nitrogens with zero attached hydrogens (tertiary/aromatic N) is 1. The van der Waals surface area contributed by atoms with E-state index in [1.807, 2.05) is 18.2 Å². The van der Waals surface area contributed by atoms with Gasteiger partial charge in [-0.15, -0.1) is 0 Å². The van der Waals surface area contributed by atoms with Gasteiger partial charge in [0.1, 0.15) is 6.54 Å². The summed E-state index contributed by atoms with van der Waals surface area (Å²) in [6, 6.07) is 9.06. The third kappa shape index (κ3) is 8.17. The number of hydrogen-bond acceptors (Lipinski definition) is 7. The number of rotatable bonds is 9. The zero-order valence-corrected chi connectivity index (χ0v) is 15.5. The molecule has 1 rings (SSSR count). The third-order valence-corrected chi connectivity index (χ3v) is 3.35. The number of carbonyl (C=O) groups excluding carboxylic acids is 4. The number of benzene rings is 1. The zero-order valence-electron chi connectivity index (χ0n) is 15.5. The molecule has 0 fully saturated rings. The molecule has 0 saturated heterocycles. The van der Waals surface area contributed by atoms with Gasteiger partial charge in [-0.2, -0.15) is 0 Å². The van der Waals surface area contributed by atoms with Crippen molar-refractivity contribution in [2.75, 3.05) is 20.3 Å². The molecule has 8 heteroatoms. The average Bonchev–Trinajstić information content (AvgIpc) is 2.65. The van der Waals surface area contributed by atoms with Crippen molar-refractivity contribution in [3.05, 3.63) is 48.0 Å². The molecule has 0 aliphatic rings. The standard InChI is InChI=1S/C19H23NO7/c1-4-26-18(23)13-20(12-15-8-6-5-7-9-15)19(24)14(2)27-17(22)11-10-16(21)25-3/h5-11,14H,4,12-13H2,1-3H3/b11-10+. The topological polar surface area (TPSA) is 99.2 Å². The van der Waals surface area contributed by atoms with E-state index in [0.29, 0.717) is 0 Å². The monoisotopic (exact) mass is 377 g/mol. The molecule has 1 amide bonds. The number of methoxy groups -OCH3 is 1. The van der Waals surface area contributed by atoms with E-state index in [2.05, 4.69) is 4.74 Å². The number of carbonyl (C=O) groups is 4. The Bertz CT molecular complexity index is 685. The SMILES string of the molecule is CCOC(=O)CN(Cc1ccccc1)C(=O)C(C)OC(=O)/C=C/C(=O)OC. The van der Waals surface area contributed by atoms with Gasteiger partial charge in [-0.05, 0) is 19.4 Å². The van der Waals surface area contributed by atoms with Crippen LogP contribution in [-0.2, 0) is 39.9 Å². The number of ether oxygens (including phenoxy) is 3. The first-order chi connectivity index (χ1) is 12.9. The van der Waals surface area contributed by atoms with E-state index in [4.69, 9.17) is 9.47 Å². The van der Waals surface area contributed by atoms with E-state index in [1.165, 1.54) is 18.9 Å². The molecular weight excluding hydrogens is 354 g/mol. The first-order valence-electron chi connectivity index (χ1n) is 8.32. The Morgan fingerprint density at radius 3 is 2.30 bits per heavy atom. The number of amides is 1. The van der Waals surface area contributed by atoms with Crippen LogP contribution in [0, 0.1) is 0 Å². The van der Waals surface area contributed by atoms with Crippen molar-refractivity contribution in [1.29, 1.82) is 0 Å². The smallest absolute Gasteiger partial charge is 0.331 e. The second kappa shape index (κ2) is 11.5. The second-order valence-electron chi connectivity index (χ2n) is 5.42. The fraction of sp³-hybridized carbons (Fsp3) is 0.368. The molecule has 0 N–H and O–H groups in total. The van der Waals surface area contributed by atoms with Gasteiger partial charge >= 0.3 is 17.9 Å². The lowest BCUT2D eigenvalue weighted by atomic mass is 10.2. The van der Waals surface area contributed by atoms with Crippen molar-refractivity contribution in [2.45, 2.75) is 26.5 Å². The fourth-order valence-corrected chi connectivity index (χ4v) is 2.10. The highest BCUT2D eigenvalue weighted by Crippen LogP contribution is 2.09. The summed E-state index contributed by atoms with van der Waals surface area (Å²) in [5, 5.41) is 0. The predicted molar refractivity (Wildman–Crippen MR) is 95.2 cm³/mol. The third-order valence-electron chi connectivity index (χ3n) is 3.35. The number of esters is 3. The van der Waals surface area contributed by atoms with Gasteiger partial charge in [0.05, 0.1) is 13.7 Å². The molecule has 0 heterocycles. The van der Waals surface area contributed by atoms with Crippen LogP contribution in [0.5, 0.6) is 0 Å². The summed E-state index contributed by atoms with van der Waals surface area (Å²) in [5.74, 6) is -2.73. The molecule has 0 bridgehead atoms. The van der Waals surface area contributed by atoms with Crippen molar-refractivity contribution in [2.24, 2.45) is 0 Å². The Labute approximate surface area is 157 Å². The highest BCUT2D eigenvalue weighted by atomic mass is 16.6. The van der Waals surface area contributed by atoms with Crippen molar-refractivity contribution >= 4 is 23.8 Å². The van der Waals surface area contributed by atoms with E-state index in [9.17, 15) is 19.2 Å². The highest BCUT2D eigenvalue weighted by Gasteiger charge is 2.25. The maximum atomic E-state index is 12.6. The molecule has 0 spiro atoms. The maximum absolute atomic E-state index is 12.6. The lowest BCUT2D eigenvalue weighted by molar-refractivity contribution is -0.159. The van der Waals surface area contributed by atoms with Crippen LogP contribution in [-0.4, -0.2) is 55.1 Å². The Morgan fingerprint density at radius 1 is 1.07 bits per heavy atom. The Morgan fingerprint density at radius 2 is 1.70 bits per heavy atom. The molecule has 1 unspecified atom stereocenters. The molecule has 0 saturated carbocycles. The highest BCUT2D eigenvalue weighted by molar-refractivity contribution is 5.93. The van der Waals surface area contributed by atoms with E-state index in [0.717, 1.165) is 17.7 Å². The molecule has 0 aliphatic carbocycles. The second-order valence-corrected chi connectivity index (χ2v) is 5.42. The predicted octanol–water partition coefficient (Wildman–Crippen LogP) is 1.24. The quantitative estimate of drug-likeness (QED) is 0.363. The molecule has 146 valence electrons. The van der Waals surface area contributed by atoms with Gasteiger partial charge in [-0.3, -0.25) is 9.59 Å². The van der Waals surface area contributed by atoms with Crippen LogP contribution in [0.25, 0.3) is 0 Å². The lowest BCUT2D eigenvalue weighted by Crippen LogP contribution is -2.42. The first kappa shape index (κ1) is 21.9. The van der Waals surface area contributed by atoms with Crippen LogP contribution in [0.1, 0.15) is 19.4 Å². The van der Waals surface area contributed by atoms with E-state index >= 15 is 0 Å². The molecule has 1 aromatic carbocycles. The summed E-state index contributed by atoms with van der Waals surface area (Å²) in [4.78, 5) is 48.4. The molecule has 0 radical (unpaired) electrons. The average molecular weight is 377 g/mol. The summed E-state index contributed by atoms with van der Waals surface area (Å²) in [5.41, 5.74) is 0.805. The zero-order chi connectivity index (χ0) is 20.2. The molecule has 1 atom stereocenters. The molecule has 0 aromatic heterocycles. The van der Waals surface area contributed by atoms with E-state index < -0.39 is 29.9 Å². The van der Waals surface area contributed by atoms with Crippen LogP contribution in [0.15, 0.2) is 42.5 Å². The van der Waals surface area contributed by atoms with Gasteiger partial charge in [0.2, 0.25) is 0 Å². The Hall–Kier alpha value is -3.16. The van der Waals surface area contributed by atoms with Gasteiger partial charge in [-0.25, -0.2) is 9.59 Å². The largest absolute Gasteiger partial charge is 0.466 e. The molecule has 8 nitrogen and oxygen atoms in total. The van der Waals surface area contributed by atoms with Gasteiger partial charge in [0.25, 0.3) is 5.91 Å². The van der Waals surface area contributed by atoms with E-state index in [1.54, 1.807) is 19.1 Å². The van der Waals surface area contributed by atoms with E-state index in [-0.39, 0.29) is 19.7 Å². The Kier molecular flexibility index (Phi) is 9.28. The molecule has 0 aliphatic heterocycles. The lowest BCUT2D eigenvalue weighted by Gasteiger charge is -2.24. The van der Waals surface area contributed by atoms with Crippen LogP contribution < -0.4 is 0 Å². The first-order valence-corrected chi connectivity index (χ1v) is 8.32. The van der Waals surface area contributed by atoms with Crippen molar-refractivity contribution in [3.8, 4) is 0 Å². The van der Waals surface area contributed by atoms with Crippen LogP contribution in [0.2, 0.25) is 0 Å². The summed E-state index contributed by atoms with van der Waals surface area (Å²) in [6.45, 7) is 3.11. The molecule has 27 heavy (non-hydrogen) atoms. The summed E-state index contributed by atoms with van der Waals surface area (Å²) in [7, 11) is 1.17. The van der Waals surface area contributed by atoms with Gasteiger partial charge in [0.15, 0.2) is 6.10 Å². The Balaban J connectivity index is 2.81. The number of hydrogen-bond donors (Lipinski definition) is 0. The van der Waals surface area contributed by atoms with Crippen molar-refractivity contribution in [1.82, 2.24) is 4.90 Å². The normalized spacial score (nSPS) is 11.5. The molecule has 1 aromatic rings. The minimum absolute atomic E-state index is 0.151. The van der Waals surface area contributed by atoms with Crippen LogP contribution >= 0.6 is 0 Å². The van der Waals surface area contributed by atoms with Crippen LogP contribution in [0.4, 0.5) is 0 Å². The summed E-state index contributed by atoms with van der Waals surface area (Å²) in [6.07, 6.45) is 0.598. The van der Waals surface area contributed by atoms with Gasteiger partial charge in [-0.1, -0.05) is 30.3 Å². The van der Waals surface area contributed by atoms with Gasteiger partial charge in [0, 0.05) is 18.7 Å². The minimum Gasteiger partial charge on any atom is -0.466 e. The van der Waals surface area contributed by atoms with Crippen molar-refractivity contribution in [3.63, 3.8) is 0 Å². The van der Waals surface area contributed by atoms with Crippen LogP contribution in [0.3, 0.4) is 0 Å².